The van der Waals surface area contributed by atoms with E-state index >= 15 is 0 Å². The first kappa shape index (κ1) is 12.0. The highest BCUT2D eigenvalue weighted by atomic mass is 15.0. The first-order chi connectivity index (χ1) is 7.24. The Hall–Kier alpha value is -1.08. The second-order valence-corrected chi connectivity index (χ2v) is 4.19. The van der Waals surface area contributed by atoms with E-state index in [4.69, 9.17) is 0 Å². The molecule has 15 heavy (non-hydrogen) atoms. The number of rotatable bonds is 6. The van der Waals surface area contributed by atoms with Gasteiger partial charge >= 0.3 is 0 Å². The van der Waals surface area contributed by atoms with E-state index in [-0.39, 0.29) is 0 Å². The summed E-state index contributed by atoms with van der Waals surface area (Å²) >= 11 is 0. The molecule has 1 aromatic rings. The van der Waals surface area contributed by atoms with E-state index in [0.29, 0.717) is 0 Å². The van der Waals surface area contributed by atoms with Gasteiger partial charge in [0.1, 0.15) is 0 Å². The minimum atomic E-state index is 1.03. The number of aryl methyl sites for hydroxylation is 1. The van der Waals surface area contributed by atoms with Crippen LogP contribution < -0.4 is 0 Å². The molecule has 0 aliphatic rings. The smallest absolute Gasteiger partial charge is 0.0230 e. The van der Waals surface area contributed by atoms with E-state index in [1.165, 1.54) is 17.5 Å². The first-order valence-electron chi connectivity index (χ1n) is 5.56. The fourth-order valence-electron chi connectivity index (χ4n) is 1.73. The monoisotopic (exact) mass is 203 g/mol. The minimum absolute atomic E-state index is 1.03. The summed E-state index contributed by atoms with van der Waals surface area (Å²) in [5.41, 5.74) is 2.93. The topological polar surface area (TPSA) is 3.24 Å². The van der Waals surface area contributed by atoms with Crippen molar-refractivity contribution in [2.75, 3.05) is 14.1 Å². The molecule has 0 bridgehead atoms. The van der Waals surface area contributed by atoms with Crippen LogP contribution in [0.2, 0.25) is 0 Å². The van der Waals surface area contributed by atoms with Crippen LogP contribution in [0.5, 0.6) is 0 Å². The Balaban J connectivity index is 2.63. The second-order valence-electron chi connectivity index (χ2n) is 4.19. The third-order valence-corrected chi connectivity index (χ3v) is 2.46. The molecule has 1 rings (SSSR count). The Kier molecular flexibility index (Phi) is 5.13. The molecule has 0 aliphatic carbocycles. The number of unbranched alkanes of at least 4 members (excludes halogenated alkanes) is 1. The van der Waals surface area contributed by atoms with Crippen LogP contribution in [0.15, 0.2) is 36.9 Å². The van der Waals surface area contributed by atoms with Gasteiger partial charge < -0.3 is 4.90 Å². The van der Waals surface area contributed by atoms with Crippen molar-refractivity contribution >= 4 is 0 Å². The molecule has 0 aromatic heterocycles. The van der Waals surface area contributed by atoms with Gasteiger partial charge in [-0.15, -0.1) is 6.58 Å². The molecular formula is C14H21N. The Labute approximate surface area is 93.4 Å². The van der Waals surface area contributed by atoms with Gasteiger partial charge in [0.25, 0.3) is 0 Å². The second kappa shape index (κ2) is 6.41. The molecule has 0 atom stereocenters. The lowest BCUT2D eigenvalue weighted by Gasteiger charge is -2.13. The molecule has 0 fully saturated rings. The van der Waals surface area contributed by atoms with Crippen LogP contribution in [0, 0.1) is 0 Å². The Morgan fingerprint density at radius 1 is 1.20 bits per heavy atom. The zero-order valence-corrected chi connectivity index (χ0v) is 9.87. The van der Waals surface area contributed by atoms with Crippen molar-refractivity contribution in [1.82, 2.24) is 4.90 Å². The largest absolute Gasteiger partial charge is 0.305 e. The molecule has 0 amide bonds. The van der Waals surface area contributed by atoms with E-state index in [1.54, 1.807) is 0 Å². The quantitative estimate of drug-likeness (QED) is 0.506. The summed E-state index contributed by atoms with van der Waals surface area (Å²) in [5, 5.41) is 0. The Morgan fingerprint density at radius 2 is 1.87 bits per heavy atom. The first-order valence-corrected chi connectivity index (χ1v) is 5.56. The fraction of sp³-hybridized carbons (Fsp3) is 0.429. The van der Waals surface area contributed by atoms with Gasteiger partial charge in [-0.1, -0.05) is 30.3 Å². The van der Waals surface area contributed by atoms with E-state index in [2.05, 4.69) is 49.8 Å². The lowest BCUT2D eigenvalue weighted by molar-refractivity contribution is 0.401. The standard InChI is InChI=1S/C14H21N/c1-4-5-6-9-13-10-7-8-11-14(13)12-15(2)3/h4,7-8,10-11H,1,5-6,9,12H2,2-3H3. The highest BCUT2D eigenvalue weighted by Gasteiger charge is 2.01. The molecule has 0 unspecified atom stereocenters. The Bertz CT molecular complexity index is 302. The van der Waals surface area contributed by atoms with Gasteiger partial charge in [0.05, 0.1) is 0 Å². The van der Waals surface area contributed by atoms with Crippen molar-refractivity contribution in [2.24, 2.45) is 0 Å². The predicted octanol–water partition coefficient (Wildman–Crippen LogP) is 3.26. The summed E-state index contributed by atoms with van der Waals surface area (Å²) in [7, 11) is 4.22. The molecule has 1 aromatic carbocycles. The molecule has 0 aliphatic heterocycles. The summed E-state index contributed by atoms with van der Waals surface area (Å²) in [6.45, 7) is 4.79. The summed E-state index contributed by atoms with van der Waals surface area (Å²) in [6.07, 6.45) is 5.47. The molecule has 0 radical (unpaired) electrons. The molecule has 0 spiro atoms. The highest BCUT2D eigenvalue weighted by Crippen LogP contribution is 2.13. The van der Waals surface area contributed by atoms with E-state index in [1.807, 2.05) is 6.08 Å². The molecule has 0 saturated carbocycles. The number of nitrogens with zero attached hydrogens (tertiary/aromatic N) is 1. The molecule has 0 heterocycles. The SMILES string of the molecule is C=CCCCc1ccccc1CN(C)C. The summed E-state index contributed by atoms with van der Waals surface area (Å²) in [6, 6.07) is 8.71. The molecule has 1 heteroatoms. The number of benzene rings is 1. The molecule has 0 N–H and O–H groups in total. The van der Waals surface area contributed by atoms with Crippen LogP contribution in [0.25, 0.3) is 0 Å². The van der Waals surface area contributed by atoms with Gasteiger partial charge in [0, 0.05) is 6.54 Å². The van der Waals surface area contributed by atoms with Gasteiger partial charge in [0.2, 0.25) is 0 Å². The third-order valence-electron chi connectivity index (χ3n) is 2.46. The maximum absolute atomic E-state index is 3.75. The third kappa shape index (κ3) is 4.30. The lowest BCUT2D eigenvalue weighted by atomic mass is 10.0. The van der Waals surface area contributed by atoms with Gasteiger partial charge in [-0.3, -0.25) is 0 Å². The van der Waals surface area contributed by atoms with Gasteiger partial charge in [-0.25, -0.2) is 0 Å². The van der Waals surface area contributed by atoms with Crippen LogP contribution in [0.1, 0.15) is 24.0 Å². The summed E-state index contributed by atoms with van der Waals surface area (Å²) in [4.78, 5) is 2.21. The average Bonchev–Trinajstić information content (AvgIpc) is 2.20. The molecule has 1 nitrogen and oxygen atoms in total. The molecule has 82 valence electrons. The maximum atomic E-state index is 3.75. The number of hydrogen-bond acceptors (Lipinski definition) is 1. The van der Waals surface area contributed by atoms with Crippen molar-refractivity contribution in [2.45, 2.75) is 25.8 Å². The average molecular weight is 203 g/mol. The fourth-order valence-corrected chi connectivity index (χ4v) is 1.73. The van der Waals surface area contributed by atoms with Gasteiger partial charge in [0.15, 0.2) is 0 Å². The predicted molar refractivity (Wildman–Crippen MR) is 67.0 cm³/mol. The summed E-state index contributed by atoms with van der Waals surface area (Å²) < 4.78 is 0. The van der Waals surface area contributed by atoms with E-state index < -0.39 is 0 Å². The van der Waals surface area contributed by atoms with Crippen molar-refractivity contribution in [3.63, 3.8) is 0 Å². The van der Waals surface area contributed by atoms with E-state index in [0.717, 1.165) is 19.4 Å². The zero-order chi connectivity index (χ0) is 11.1. The molecular weight excluding hydrogens is 182 g/mol. The van der Waals surface area contributed by atoms with Crippen LogP contribution in [-0.4, -0.2) is 19.0 Å². The van der Waals surface area contributed by atoms with Crippen molar-refractivity contribution in [3.05, 3.63) is 48.0 Å². The zero-order valence-electron chi connectivity index (χ0n) is 9.87. The maximum Gasteiger partial charge on any atom is 0.0230 e. The molecule has 0 saturated heterocycles. The van der Waals surface area contributed by atoms with E-state index in [9.17, 15) is 0 Å². The van der Waals surface area contributed by atoms with Crippen molar-refractivity contribution in [1.29, 1.82) is 0 Å². The van der Waals surface area contributed by atoms with Crippen molar-refractivity contribution in [3.8, 4) is 0 Å². The van der Waals surface area contributed by atoms with Crippen LogP contribution >= 0.6 is 0 Å². The normalized spacial score (nSPS) is 10.6. The van der Waals surface area contributed by atoms with Gasteiger partial charge in [-0.05, 0) is 44.5 Å². The van der Waals surface area contributed by atoms with Crippen molar-refractivity contribution < 1.29 is 0 Å². The Morgan fingerprint density at radius 3 is 2.47 bits per heavy atom. The van der Waals surface area contributed by atoms with Crippen LogP contribution in [0.3, 0.4) is 0 Å². The summed E-state index contributed by atoms with van der Waals surface area (Å²) in [5.74, 6) is 0. The highest BCUT2D eigenvalue weighted by molar-refractivity contribution is 5.27. The minimum Gasteiger partial charge on any atom is -0.305 e. The number of hydrogen-bond donors (Lipinski definition) is 0. The lowest BCUT2D eigenvalue weighted by Crippen LogP contribution is -2.12. The van der Waals surface area contributed by atoms with Crippen LogP contribution in [0.4, 0.5) is 0 Å². The van der Waals surface area contributed by atoms with Gasteiger partial charge in [-0.2, -0.15) is 0 Å². The van der Waals surface area contributed by atoms with Crippen LogP contribution in [-0.2, 0) is 13.0 Å². The number of allylic oxidation sites excluding steroid dienone is 1.